The molecule has 1 heterocycles. The molecule has 60 valence electrons. The van der Waals surface area contributed by atoms with Gasteiger partial charge in [0.15, 0.2) is 0 Å². The summed E-state index contributed by atoms with van der Waals surface area (Å²) in [6.07, 6.45) is 2.77. The molecule has 0 aliphatic heterocycles. The molecule has 0 aliphatic carbocycles. The van der Waals surface area contributed by atoms with Crippen molar-refractivity contribution < 1.29 is 0 Å². The lowest BCUT2D eigenvalue weighted by molar-refractivity contribution is 0.702. The van der Waals surface area contributed by atoms with Crippen LogP contribution in [-0.2, 0) is 0 Å². The summed E-state index contributed by atoms with van der Waals surface area (Å²) < 4.78 is 0. The smallest absolute Gasteiger partial charge is 0.115 e. The van der Waals surface area contributed by atoms with Gasteiger partial charge < -0.3 is 0 Å². The van der Waals surface area contributed by atoms with Gasteiger partial charge in [0, 0.05) is 11.4 Å². The fourth-order valence-electron chi connectivity index (χ4n) is 0.954. The molecule has 2 nitrogen and oxygen atoms in total. The Morgan fingerprint density at radius 2 is 2.18 bits per heavy atom. The van der Waals surface area contributed by atoms with Gasteiger partial charge in [-0.3, -0.25) is 0 Å². The first-order chi connectivity index (χ1) is 5.24. The highest BCUT2D eigenvalue weighted by Crippen LogP contribution is 2.15. The predicted molar refractivity (Wildman–Crippen MR) is 45.5 cm³/mol. The van der Waals surface area contributed by atoms with E-state index in [1.165, 1.54) is 0 Å². The molecule has 0 saturated carbocycles. The third kappa shape index (κ3) is 2.00. The van der Waals surface area contributed by atoms with Gasteiger partial charge in [0.25, 0.3) is 0 Å². The van der Waals surface area contributed by atoms with E-state index in [0.29, 0.717) is 5.92 Å². The minimum absolute atomic E-state index is 0.552. The van der Waals surface area contributed by atoms with Crippen LogP contribution in [-0.4, -0.2) is 9.97 Å². The molecule has 0 aromatic carbocycles. The molecule has 0 aliphatic rings. The van der Waals surface area contributed by atoms with E-state index in [2.05, 4.69) is 23.8 Å². The van der Waals surface area contributed by atoms with Gasteiger partial charge in [-0.1, -0.05) is 13.8 Å². The van der Waals surface area contributed by atoms with Crippen LogP contribution < -0.4 is 0 Å². The number of hydrogen-bond donors (Lipinski definition) is 0. The van der Waals surface area contributed by atoms with Crippen molar-refractivity contribution in [1.29, 1.82) is 0 Å². The summed E-state index contributed by atoms with van der Waals surface area (Å²) >= 11 is 0. The molecule has 0 radical (unpaired) electrons. The van der Waals surface area contributed by atoms with E-state index in [9.17, 15) is 0 Å². The summed E-state index contributed by atoms with van der Waals surface area (Å²) in [6, 6.07) is 2.05. The third-order valence-corrected chi connectivity index (χ3v) is 1.94. The second kappa shape index (κ2) is 3.46. The van der Waals surface area contributed by atoms with Crippen LogP contribution in [0.1, 0.15) is 37.6 Å². The Morgan fingerprint density at radius 3 is 2.73 bits per heavy atom. The Balaban J connectivity index is 2.86. The van der Waals surface area contributed by atoms with Crippen molar-refractivity contribution in [3.8, 4) is 0 Å². The van der Waals surface area contributed by atoms with Crippen LogP contribution in [0.2, 0.25) is 0 Å². The third-order valence-electron chi connectivity index (χ3n) is 1.94. The van der Waals surface area contributed by atoms with Crippen molar-refractivity contribution in [3.63, 3.8) is 0 Å². The summed E-state index contributed by atoms with van der Waals surface area (Å²) in [5, 5.41) is 0. The molecular weight excluding hydrogens is 136 g/mol. The quantitative estimate of drug-likeness (QED) is 0.646. The Bertz CT molecular complexity index is 233. The molecule has 0 spiro atoms. The molecule has 1 aromatic heterocycles. The molecule has 2 heteroatoms. The number of nitrogens with zero attached hydrogens (tertiary/aromatic N) is 2. The van der Waals surface area contributed by atoms with E-state index in [4.69, 9.17) is 0 Å². The van der Waals surface area contributed by atoms with Crippen LogP contribution >= 0.6 is 0 Å². The fourth-order valence-corrected chi connectivity index (χ4v) is 0.954. The average Bonchev–Trinajstić information content (AvgIpc) is 2.03. The highest BCUT2D eigenvalue weighted by atomic mass is 14.8. The van der Waals surface area contributed by atoms with Crippen LogP contribution in [0.3, 0.4) is 0 Å². The maximum absolute atomic E-state index is 4.20. The highest BCUT2D eigenvalue weighted by Gasteiger charge is 2.03. The molecule has 0 fully saturated rings. The van der Waals surface area contributed by atoms with Crippen molar-refractivity contribution in [2.45, 2.75) is 33.1 Å². The number of rotatable bonds is 2. The Morgan fingerprint density at radius 1 is 1.45 bits per heavy atom. The van der Waals surface area contributed by atoms with E-state index < -0.39 is 0 Å². The molecule has 0 bridgehead atoms. The van der Waals surface area contributed by atoms with Gasteiger partial charge in [-0.05, 0) is 25.3 Å². The van der Waals surface area contributed by atoms with Crippen molar-refractivity contribution in [1.82, 2.24) is 9.97 Å². The maximum atomic E-state index is 4.20. The lowest BCUT2D eigenvalue weighted by atomic mass is 10.0. The normalized spacial score (nSPS) is 13.0. The van der Waals surface area contributed by atoms with Gasteiger partial charge in [0.05, 0.1) is 0 Å². The van der Waals surface area contributed by atoms with Gasteiger partial charge in [0.1, 0.15) is 6.33 Å². The number of hydrogen-bond acceptors (Lipinski definition) is 2. The van der Waals surface area contributed by atoms with Crippen molar-refractivity contribution in [2.24, 2.45) is 0 Å². The molecular formula is C9H14N2. The van der Waals surface area contributed by atoms with Crippen molar-refractivity contribution in [3.05, 3.63) is 23.8 Å². The summed E-state index contributed by atoms with van der Waals surface area (Å²) in [7, 11) is 0. The van der Waals surface area contributed by atoms with Gasteiger partial charge >= 0.3 is 0 Å². The maximum Gasteiger partial charge on any atom is 0.115 e. The second-order valence-electron chi connectivity index (χ2n) is 2.89. The standard InChI is InChI=1S/C9H14N2/c1-4-7(2)9-5-8(3)10-6-11-9/h5-7H,4H2,1-3H3. The van der Waals surface area contributed by atoms with Crippen molar-refractivity contribution in [2.75, 3.05) is 0 Å². The first kappa shape index (κ1) is 8.18. The number of aryl methyl sites for hydroxylation is 1. The van der Waals surface area contributed by atoms with Crippen LogP contribution in [0, 0.1) is 6.92 Å². The Hall–Kier alpha value is -0.920. The van der Waals surface area contributed by atoms with Gasteiger partial charge in [-0.25, -0.2) is 9.97 Å². The minimum atomic E-state index is 0.552. The van der Waals surface area contributed by atoms with Gasteiger partial charge in [0.2, 0.25) is 0 Å². The summed E-state index contributed by atoms with van der Waals surface area (Å²) in [5.74, 6) is 0.552. The van der Waals surface area contributed by atoms with E-state index in [1.807, 2.05) is 13.0 Å². The molecule has 1 aromatic rings. The first-order valence-corrected chi connectivity index (χ1v) is 4.02. The molecule has 0 N–H and O–H groups in total. The van der Waals surface area contributed by atoms with Gasteiger partial charge in [-0.15, -0.1) is 0 Å². The van der Waals surface area contributed by atoms with Crippen LogP contribution in [0.25, 0.3) is 0 Å². The van der Waals surface area contributed by atoms with E-state index in [0.717, 1.165) is 17.8 Å². The summed E-state index contributed by atoms with van der Waals surface area (Å²) in [6.45, 7) is 6.34. The SMILES string of the molecule is CCC(C)c1cc(C)ncn1. The second-order valence-corrected chi connectivity index (χ2v) is 2.89. The first-order valence-electron chi connectivity index (χ1n) is 4.02. The highest BCUT2D eigenvalue weighted by molar-refractivity contribution is 5.10. The van der Waals surface area contributed by atoms with Gasteiger partial charge in [-0.2, -0.15) is 0 Å². The lowest BCUT2D eigenvalue weighted by Crippen LogP contribution is -1.96. The zero-order valence-corrected chi connectivity index (χ0v) is 7.33. The molecule has 0 amide bonds. The predicted octanol–water partition coefficient (Wildman–Crippen LogP) is 2.30. The zero-order valence-electron chi connectivity index (χ0n) is 7.33. The zero-order chi connectivity index (χ0) is 8.27. The Labute approximate surface area is 67.7 Å². The summed E-state index contributed by atoms with van der Waals surface area (Å²) in [5.41, 5.74) is 2.20. The molecule has 1 atom stereocenters. The molecule has 1 unspecified atom stereocenters. The lowest BCUT2D eigenvalue weighted by Gasteiger charge is -2.06. The average molecular weight is 150 g/mol. The molecule has 0 saturated heterocycles. The van der Waals surface area contributed by atoms with E-state index in [1.54, 1.807) is 6.33 Å². The van der Waals surface area contributed by atoms with E-state index >= 15 is 0 Å². The van der Waals surface area contributed by atoms with Crippen molar-refractivity contribution >= 4 is 0 Å². The van der Waals surface area contributed by atoms with Crippen LogP contribution in [0.4, 0.5) is 0 Å². The monoisotopic (exact) mass is 150 g/mol. The number of aromatic nitrogens is 2. The van der Waals surface area contributed by atoms with Crippen LogP contribution in [0.5, 0.6) is 0 Å². The van der Waals surface area contributed by atoms with E-state index in [-0.39, 0.29) is 0 Å². The molecule has 1 rings (SSSR count). The Kier molecular flexibility index (Phi) is 2.58. The largest absolute Gasteiger partial charge is 0.242 e. The minimum Gasteiger partial charge on any atom is -0.242 e. The molecule has 11 heavy (non-hydrogen) atoms. The fraction of sp³-hybridized carbons (Fsp3) is 0.556. The topological polar surface area (TPSA) is 25.8 Å². The van der Waals surface area contributed by atoms with Crippen LogP contribution in [0.15, 0.2) is 12.4 Å². The summed E-state index contributed by atoms with van der Waals surface area (Å²) in [4.78, 5) is 8.24.